The van der Waals surface area contributed by atoms with Gasteiger partial charge in [-0.2, -0.15) is 0 Å². The normalized spacial score (nSPS) is 11.6. The second-order valence-corrected chi connectivity index (χ2v) is 7.71. The minimum atomic E-state index is -0.462. The molecular formula is C22H26N4O3S. The first-order valence-electron chi connectivity index (χ1n) is 9.53. The molecule has 2 amide bonds. The van der Waals surface area contributed by atoms with Gasteiger partial charge in [-0.1, -0.05) is 18.2 Å². The lowest BCUT2D eigenvalue weighted by atomic mass is 10.1. The molecule has 0 bridgehead atoms. The van der Waals surface area contributed by atoms with E-state index in [2.05, 4.69) is 27.8 Å². The molecule has 3 rings (SSSR count). The van der Waals surface area contributed by atoms with Gasteiger partial charge in [-0.15, -0.1) is 11.8 Å². The van der Waals surface area contributed by atoms with Crippen molar-refractivity contribution in [2.75, 3.05) is 26.5 Å². The number of imidazole rings is 1. The summed E-state index contributed by atoms with van der Waals surface area (Å²) in [6.45, 7) is 0.542. The molecule has 1 heterocycles. The minimum Gasteiger partial charge on any atom is -0.497 e. The maximum absolute atomic E-state index is 12.6. The van der Waals surface area contributed by atoms with Crippen LogP contribution in [0.25, 0.3) is 0 Å². The second-order valence-electron chi connectivity index (χ2n) is 6.54. The average molecular weight is 427 g/mol. The van der Waals surface area contributed by atoms with Gasteiger partial charge in [-0.05, 0) is 29.8 Å². The molecule has 1 unspecified atom stereocenters. The highest BCUT2D eigenvalue weighted by Crippen LogP contribution is 2.29. The third-order valence-corrected chi connectivity index (χ3v) is 5.51. The number of benzene rings is 2. The van der Waals surface area contributed by atoms with E-state index in [1.807, 2.05) is 48.1 Å². The predicted molar refractivity (Wildman–Crippen MR) is 118 cm³/mol. The van der Waals surface area contributed by atoms with Crippen molar-refractivity contribution in [2.45, 2.75) is 10.9 Å². The van der Waals surface area contributed by atoms with Gasteiger partial charge < -0.3 is 24.7 Å². The standard InChI is InChI=1S/C22H26N4O3S/c1-26-11-9-23-21(26)20(16-13-17(28-2)15-18(14-16)29-3)25-22(27)24-10-12-30-19-7-5-4-6-8-19/h4-9,11,13-15,20H,10,12H2,1-3H3,(H2,24,25,27). The predicted octanol–water partition coefficient (Wildman–Crippen LogP) is 3.62. The number of ether oxygens (including phenoxy) is 2. The molecule has 7 nitrogen and oxygen atoms in total. The molecule has 158 valence electrons. The van der Waals surface area contributed by atoms with Crippen molar-refractivity contribution in [1.82, 2.24) is 20.2 Å². The van der Waals surface area contributed by atoms with Crippen molar-refractivity contribution in [3.05, 3.63) is 72.3 Å². The van der Waals surface area contributed by atoms with Crippen LogP contribution in [0.4, 0.5) is 4.79 Å². The molecule has 1 aromatic heterocycles. The summed E-state index contributed by atoms with van der Waals surface area (Å²) in [6.07, 6.45) is 3.55. The van der Waals surface area contributed by atoms with Crippen LogP contribution in [0.2, 0.25) is 0 Å². The lowest BCUT2D eigenvalue weighted by molar-refractivity contribution is 0.238. The summed E-state index contributed by atoms with van der Waals surface area (Å²) in [6, 6.07) is 14.9. The number of methoxy groups -OCH3 is 2. The van der Waals surface area contributed by atoms with Crippen LogP contribution in [-0.4, -0.2) is 42.1 Å². The fourth-order valence-electron chi connectivity index (χ4n) is 2.98. The summed E-state index contributed by atoms with van der Waals surface area (Å²) in [5.41, 5.74) is 0.814. The number of carbonyl (C=O) groups is 1. The van der Waals surface area contributed by atoms with Gasteiger partial charge in [0.15, 0.2) is 0 Å². The Hall–Kier alpha value is -3.13. The summed E-state index contributed by atoms with van der Waals surface area (Å²) in [4.78, 5) is 18.2. The second kappa shape index (κ2) is 10.6. The van der Waals surface area contributed by atoms with E-state index in [4.69, 9.17) is 9.47 Å². The van der Waals surface area contributed by atoms with Gasteiger partial charge in [0, 0.05) is 42.7 Å². The number of aryl methyl sites for hydroxylation is 1. The third kappa shape index (κ3) is 5.70. The first-order valence-corrected chi connectivity index (χ1v) is 10.5. The van der Waals surface area contributed by atoms with E-state index in [1.165, 1.54) is 4.90 Å². The van der Waals surface area contributed by atoms with Crippen molar-refractivity contribution >= 4 is 17.8 Å². The van der Waals surface area contributed by atoms with Crippen LogP contribution in [0.15, 0.2) is 65.8 Å². The van der Waals surface area contributed by atoms with E-state index < -0.39 is 6.04 Å². The number of nitrogens with one attached hydrogen (secondary N) is 2. The van der Waals surface area contributed by atoms with Crippen LogP contribution in [0, 0.1) is 0 Å². The molecule has 2 aromatic carbocycles. The molecule has 2 N–H and O–H groups in total. The van der Waals surface area contributed by atoms with Gasteiger partial charge >= 0.3 is 6.03 Å². The van der Waals surface area contributed by atoms with Crippen LogP contribution in [0.1, 0.15) is 17.4 Å². The van der Waals surface area contributed by atoms with Gasteiger partial charge in [0.2, 0.25) is 0 Å². The lowest BCUT2D eigenvalue weighted by Gasteiger charge is -2.21. The number of amides is 2. The Kier molecular flexibility index (Phi) is 7.62. The number of hydrogen-bond acceptors (Lipinski definition) is 5. The van der Waals surface area contributed by atoms with Gasteiger partial charge in [0.05, 0.1) is 14.2 Å². The van der Waals surface area contributed by atoms with E-state index >= 15 is 0 Å². The monoisotopic (exact) mass is 426 g/mol. The van der Waals surface area contributed by atoms with Gasteiger partial charge in [0.25, 0.3) is 0 Å². The Labute approximate surface area is 180 Å². The molecule has 0 fully saturated rings. The summed E-state index contributed by atoms with van der Waals surface area (Å²) in [5.74, 6) is 2.77. The zero-order valence-electron chi connectivity index (χ0n) is 17.3. The molecule has 0 aliphatic carbocycles. The molecule has 0 saturated carbocycles. The highest BCUT2D eigenvalue weighted by atomic mass is 32.2. The van der Waals surface area contributed by atoms with Crippen molar-refractivity contribution in [1.29, 1.82) is 0 Å². The van der Waals surface area contributed by atoms with Crippen LogP contribution in [0.3, 0.4) is 0 Å². The largest absolute Gasteiger partial charge is 0.497 e. The fraction of sp³-hybridized carbons (Fsp3) is 0.273. The highest BCUT2D eigenvalue weighted by Gasteiger charge is 2.22. The van der Waals surface area contributed by atoms with Crippen LogP contribution >= 0.6 is 11.8 Å². The zero-order valence-corrected chi connectivity index (χ0v) is 18.1. The van der Waals surface area contributed by atoms with Crippen molar-refractivity contribution in [2.24, 2.45) is 7.05 Å². The smallest absolute Gasteiger partial charge is 0.315 e. The summed E-state index contributed by atoms with van der Waals surface area (Å²) in [7, 11) is 5.08. The van der Waals surface area contributed by atoms with Crippen LogP contribution in [-0.2, 0) is 7.05 Å². The number of nitrogens with zero attached hydrogens (tertiary/aromatic N) is 2. The Morgan fingerprint density at radius 3 is 2.43 bits per heavy atom. The summed E-state index contributed by atoms with van der Waals surface area (Å²) in [5, 5.41) is 5.95. The lowest BCUT2D eigenvalue weighted by Crippen LogP contribution is -2.40. The molecule has 1 atom stereocenters. The Morgan fingerprint density at radius 2 is 1.83 bits per heavy atom. The number of carbonyl (C=O) groups excluding carboxylic acids is 1. The number of thioether (sulfide) groups is 1. The highest BCUT2D eigenvalue weighted by molar-refractivity contribution is 7.99. The van der Waals surface area contributed by atoms with E-state index in [1.54, 1.807) is 38.2 Å². The van der Waals surface area contributed by atoms with Crippen molar-refractivity contribution in [3.63, 3.8) is 0 Å². The maximum Gasteiger partial charge on any atom is 0.315 e. The molecule has 30 heavy (non-hydrogen) atoms. The molecular weight excluding hydrogens is 400 g/mol. The van der Waals surface area contributed by atoms with Gasteiger partial charge in [0.1, 0.15) is 23.4 Å². The molecule has 0 aliphatic rings. The molecule has 0 spiro atoms. The number of hydrogen-bond donors (Lipinski definition) is 2. The van der Waals surface area contributed by atoms with Gasteiger partial charge in [-0.3, -0.25) is 0 Å². The SMILES string of the molecule is COc1cc(OC)cc(C(NC(=O)NCCSc2ccccc2)c2nccn2C)c1. The topological polar surface area (TPSA) is 77.4 Å². The third-order valence-electron chi connectivity index (χ3n) is 4.50. The Morgan fingerprint density at radius 1 is 1.13 bits per heavy atom. The number of aromatic nitrogens is 2. The van der Waals surface area contributed by atoms with Crippen molar-refractivity contribution < 1.29 is 14.3 Å². The fourth-order valence-corrected chi connectivity index (χ4v) is 3.77. The van der Waals surface area contributed by atoms with E-state index in [9.17, 15) is 4.79 Å². The molecule has 8 heteroatoms. The van der Waals surface area contributed by atoms with E-state index in [-0.39, 0.29) is 6.03 Å². The summed E-state index contributed by atoms with van der Waals surface area (Å²) < 4.78 is 12.6. The van der Waals surface area contributed by atoms with Crippen LogP contribution in [0.5, 0.6) is 11.5 Å². The maximum atomic E-state index is 12.6. The number of urea groups is 1. The quantitative estimate of drug-likeness (QED) is 0.404. The summed E-state index contributed by atoms with van der Waals surface area (Å²) >= 11 is 1.70. The van der Waals surface area contributed by atoms with E-state index in [0.29, 0.717) is 23.9 Å². The van der Waals surface area contributed by atoms with Gasteiger partial charge in [-0.25, -0.2) is 9.78 Å². The van der Waals surface area contributed by atoms with Crippen molar-refractivity contribution in [3.8, 4) is 11.5 Å². The van der Waals surface area contributed by atoms with Crippen LogP contribution < -0.4 is 20.1 Å². The number of rotatable bonds is 9. The Balaban J connectivity index is 1.69. The molecule has 0 saturated heterocycles. The molecule has 3 aromatic rings. The average Bonchev–Trinajstić information content (AvgIpc) is 3.20. The minimum absolute atomic E-state index is 0.265. The van der Waals surface area contributed by atoms with E-state index in [0.717, 1.165) is 11.3 Å². The first kappa shape index (κ1) is 21.6. The zero-order chi connectivity index (χ0) is 21.3. The first-order chi connectivity index (χ1) is 14.6. The molecule has 0 radical (unpaired) electrons. The Bertz CT molecular complexity index is 940. The molecule has 0 aliphatic heterocycles.